The van der Waals surface area contributed by atoms with Crippen molar-refractivity contribution in [2.24, 2.45) is 0 Å². The van der Waals surface area contributed by atoms with E-state index in [1.165, 1.54) is 4.90 Å². The van der Waals surface area contributed by atoms with E-state index in [1.807, 2.05) is 57.5 Å². The molecular formula is C78H102Cl6N10O18S3. The zero-order chi connectivity index (χ0) is 82.3. The van der Waals surface area contributed by atoms with Crippen LogP contribution in [-0.2, 0) is 107 Å². The van der Waals surface area contributed by atoms with Crippen LogP contribution in [0.1, 0.15) is 67.8 Å². The molecule has 0 radical (unpaired) electrons. The van der Waals surface area contributed by atoms with E-state index in [0.29, 0.717) is 69.4 Å². The SMILES string of the molecule is CN1Cc2c(Cl)cc(Cl)cc2[C@H](c2cccc(S(=O)(=O)NCCOCCOCCOCCNC(=O)CN(CC(=O)NCCOCCOCCOCCNS(=O)(=O)c3cccc([C@@H]4CN(C)Cc5c(Cl)cc(Cl)cc54)c3)CC(=O)NCCOCCOCCOCCNS(=O)(=O)c3cccc([C@@H]4CN(C)Cc5c(Cl)cc(Cl)cc54)c3)c2)C1. The molecule has 3 heterocycles. The lowest BCUT2D eigenvalue weighted by Gasteiger charge is -2.33. The smallest absolute Gasteiger partial charge is 0.240 e. The number of halogens is 6. The average molecular weight is 1780 g/mol. The van der Waals surface area contributed by atoms with Crippen LogP contribution in [0.5, 0.6) is 0 Å². The zero-order valence-electron chi connectivity index (χ0n) is 64.6. The highest BCUT2D eigenvalue weighted by Crippen LogP contribution is 2.42. The van der Waals surface area contributed by atoms with Gasteiger partial charge in [0.05, 0.1) is 153 Å². The molecule has 0 saturated heterocycles. The summed E-state index contributed by atoms with van der Waals surface area (Å²) in [5, 5.41) is 11.5. The molecule has 0 spiro atoms. The number of likely N-dealkylation sites (N-methyl/N-ethyl adjacent to an activating group) is 3. The van der Waals surface area contributed by atoms with Gasteiger partial charge >= 0.3 is 0 Å². The van der Waals surface area contributed by atoms with Crippen LogP contribution in [0.15, 0.2) is 124 Å². The van der Waals surface area contributed by atoms with Crippen molar-refractivity contribution in [3.8, 4) is 0 Å². The second kappa shape index (κ2) is 47.6. The number of carbonyl (C=O) groups is 3. The third-order valence-electron chi connectivity index (χ3n) is 18.8. The summed E-state index contributed by atoms with van der Waals surface area (Å²) in [5.41, 5.74) is 8.30. The van der Waals surface area contributed by atoms with Gasteiger partial charge in [0, 0.05) is 126 Å². The van der Waals surface area contributed by atoms with Crippen LogP contribution >= 0.6 is 69.6 Å². The Balaban J connectivity index is 0.616. The van der Waals surface area contributed by atoms with E-state index in [2.05, 4.69) is 44.8 Å². The first kappa shape index (κ1) is 93.5. The molecule has 6 aromatic rings. The van der Waals surface area contributed by atoms with Gasteiger partial charge in [-0.2, -0.15) is 0 Å². The minimum absolute atomic E-state index is 0.0385. The number of benzene rings is 6. The van der Waals surface area contributed by atoms with Crippen molar-refractivity contribution < 1.29 is 82.3 Å². The largest absolute Gasteiger partial charge is 0.378 e. The van der Waals surface area contributed by atoms with Gasteiger partial charge in [-0.05, 0) is 144 Å². The van der Waals surface area contributed by atoms with Gasteiger partial charge in [0.25, 0.3) is 0 Å². The minimum atomic E-state index is -3.85. The maximum Gasteiger partial charge on any atom is 0.240 e. The molecule has 0 aliphatic carbocycles. The molecule has 37 heteroatoms. The lowest BCUT2D eigenvalue weighted by atomic mass is 9.85. The number of hydrogen-bond donors (Lipinski definition) is 6. The van der Waals surface area contributed by atoms with Crippen molar-refractivity contribution in [3.05, 3.63) is 189 Å². The van der Waals surface area contributed by atoms with Crippen LogP contribution in [0.25, 0.3) is 0 Å². The van der Waals surface area contributed by atoms with E-state index in [0.717, 1.165) is 50.1 Å². The quantitative estimate of drug-likeness (QED) is 0.0203. The third kappa shape index (κ3) is 30.4. The topological polar surface area (TPSA) is 322 Å². The molecule has 3 amide bonds. The van der Waals surface area contributed by atoms with E-state index in [1.54, 1.807) is 72.8 Å². The second-order valence-corrected chi connectivity index (χ2v) is 35.6. The molecule has 0 bridgehead atoms. The molecule has 0 aromatic heterocycles. The van der Waals surface area contributed by atoms with Gasteiger partial charge in [-0.25, -0.2) is 39.4 Å². The Morgan fingerprint density at radius 1 is 0.348 bits per heavy atom. The van der Waals surface area contributed by atoms with Crippen molar-refractivity contribution in [1.29, 1.82) is 0 Å². The number of amides is 3. The van der Waals surface area contributed by atoms with E-state index in [9.17, 15) is 39.6 Å². The summed E-state index contributed by atoms with van der Waals surface area (Å²) in [7, 11) is -5.60. The van der Waals surface area contributed by atoms with Gasteiger partial charge < -0.3 is 73.3 Å². The molecule has 6 N–H and O–H groups in total. The zero-order valence-corrected chi connectivity index (χ0v) is 71.6. The molecule has 0 saturated carbocycles. The summed E-state index contributed by atoms with van der Waals surface area (Å²) in [6.07, 6.45) is 0. The summed E-state index contributed by atoms with van der Waals surface area (Å²) in [4.78, 5) is 47.7. The lowest BCUT2D eigenvalue weighted by Crippen LogP contribution is -2.48. The predicted molar refractivity (Wildman–Crippen MR) is 442 cm³/mol. The standard InChI is InChI=1S/C78H102Cl6N10O18S3/c1-91-46-67(64-40-58(79)43-73(82)70(64)49-91)55-7-4-10-61(37-55)113(98,99)88-16-22-107-28-34-110-31-25-104-19-13-85-76(95)52-94(53-77(96)86-14-20-105-26-32-111-35-29-108-23-17-89-114(100,101)62-11-5-8-56(38-62)68-47-92(2)50-71-65(68)41-59(80)44-74(71)83)54-78(97)87-15-21-106-27-33-112-36-30-109-24-18-90-115(102,103)63-12-6-9-57(39-63)69-48-93(3)51-72-66(69)42-60(81)45-75(72)84/h4-12,37-45,67-69,88-90H,13-36,46-54H2,1-3H3,(H,85,95)(H,86,96)(H,87,97)/t67-,68-,69-/m0/s1. The summed E-state index contributed by atoms with van der Waals surface area (Å²) < 4.78 is 138. The van der Waals surface area contributed by atoms with Crippen LogP contribution < -0.4 is 30.1 Å². The Kier molecular flexibility index (Phi) is 38.7. The van der Waals surface area contributed by atoms with Crippen LogP contribution in [0.2, 0.25) is 30.1 Å². The summed E-state index contributed by atoms with van der Waals surface area (Å²) in [6, 6.07) is 31.4. The van der Waals surface area contributed by atoms with Crippen molar-refractivity contribution in [1.82, 2.24) is 49.7 Å². The first-order chi connectivity index (χ1) is 55.2. The van der Waals surface area contributed by atoms with E-state index < -0.39 is 47.8 Å². The fourth-order valence-corrected chi connectivity index (χ4v) is 18.3. The van der Waals surface area contributed by atoms with Gasteiger partial charge in [0.2, 0.25) is 47.8 Å². The van der Waals surface area contributed by atoms with Gasteiger partial charge in [-0.3, -0.25) is 19.3 Å². The fourth-order valence-electron chi connectivity index (χ4n) is 13.4. The van der Waals surface area contributed by atoms with Crippen LogP contribution in [0.4, 0.5) is 0 Å². The molecule has 3 atom stereocenters. The maximum atomic E-state index is 13.3. The number of carbonyl (C=O) groups excluding carboxylic acids is 3. The molecule has 632 valence electrons. The van der Waals surface area contributed by atoms with Crippen molar-refractivity contribution in [2.75, 3.05) is 219 Å². The molecule has 6 aromatic carbocycles. The number of nitrogens with zero attached hydrogens (tertiary/aromatic N) is 4. The molecule has 115 heavy (non-hydrogen) atoms. The normalized spacial score (nSPS) is 16.2. The first-order valence-corrected chi connectivity index (χ1v) is 44.4. The highest BCUT2D eigenvalue weighted by atomic mass is 35.5. The number of nitrogens with one attached hydrogen (secondary N) is 6. The van der Waals surface area contributed by atoms with Crippen LogP contribution in [0.3, 0.4) is 0 Å². The average Bonchev–Trinajstić information content (AvgIpc) is 0.782. The van der Waals surface area contributed by atoms with Gasteiger partial charge in [0.15, 0.2) is 0 Å². The van der Waals surface area contributed by atoms with Gasteiger partial charge in [-0.1, -0.05) is 106 Å². The summed E-state index contributed by atoms with van der Waals surface area (Å²) in [6.45, 7) is 6.86. The molecule has 9 rings (SSSR count). The van der Waals surface area contributed by atoms with Gasteiger partial charge in [0.1, 0.15) is 0 Å². The van der Waals surface area contributed by atoms with E-state index >= 15 is 0 Å². The third-order valence-corrected chi connectivity index (χ3v) is 24.9. The number of sulfonamides is 3. The van der Waals surface area contributed by atoms with Crippen LogP contribution in [-0.4, -0.2) is 281 Å². The highest BCUT2D eigenvalue weighted by molar-refractivity contribution is 7.90. The number of hydrogen-bond acceptors (Lipinski definition) is 22. The van der Waals surface area contributed by atoms with Crippen molar-refractivity contribution in [3.63, 3.8) is 0 Å². The number of rotatable bonds is 51. The Morgan fingerprint density at radius 3 is 0.835 bits per heavy atom. The predicted octanol–water partition coefficient (Wildman–Crippen LogP) is 7.37. The van der Waals surface area contributed by atoms with Crippen LogP contribution in [0, 0.1) is 0 Å². The lowest BCUT2D eigenvalue weighted by molar-refractivity contribution is -0.128. The second-order valence-electron chi connectivity index (χ2n) is 27.7. The Labute approximate surface area is 704 Å². The first-order valence-electron chi connectivity index (χ1n) is 37.7. The molecule has 0 unspecified atom stereocenters. The Bertz CT molecular complexity index is 4090. The van der Waals surface area contributed by atoms with Crippen molar-refractivity contribution in [2.45, 2.75) is 52.1 Å². The molecular weight excluding hydrogens is 1670 g/mol. The number of fused-ring (bicyclic) bond motifs is 3. The van der Waals surface area contributed by atoms with Gasteiger partial charge in [-0.15, -0.1) is 0 Å². The van der Waals surface area contributed by atoms with E-state index in [4.69, 9.17) is 112 Å². The summed E-state index contributed by atoms with van der Waals surface area (Å²) >= 11 is 38.8. The monoisotopic (exact) mass is 1770 g/mol. The fraction of sp³-hybridized carbons (Fsp3) is 0.500. The molecule has 0 fully saturated rings. The molecule has 3 aliphatic rings. The van der Waals surface area contributed by atoms with Crippen molar-refractivity contribution >= 4 is 117 Å². The molecule has 3 aliphatic heterocycles. The molecule has 28 nitrogen and oxygen atoms in total. The Hall–Kier alpha value is -5.32. The maximum absolute atomic E-state index is 13.3. The summed E-state index contributed by atoms with van der Waals surface area (Å²) in [5.74, 6) is -1.77. The van der Waals surface area contributed by atoms with E-state index in [-0.39, 0.29) is 210 Å². The number of ether oxygens (including phenoxy) is 9. The highest BCUT2D eigenvalue weighted by Gasteiger charge is 2.32. The minimum Gasteiger partial charge on any atom is -0.378 e. The Morgan fingerprint density at radius 2 is 0.583 bits per heavy atom.